The minimum atomic E-state index is -0.298. The number of ether oxygens (including phenoxy) is 4. The van der Waals surface area contributed by atoms with Crippen LogP contribution in [0.3, 0.4) is 0 Å². The lowest BCUT2D eigenvalue weighted by molar-refractivity contribution is 0.354. The third-order valence-corrected chi connectivity index (χ3v) is 7.59. The van der Waals surface area contributed by atoms with E-state index in [1.807, 2.05) is 60.7 Å². The highest BCUT2D eigenvalue weighted by atomic mass is 35.5. The predicted molar refractivity (Wildman–Crippen MR) is 152 cm³/mol. The topological polar surface area (TPSA) is 80.0 Å². The molecule has 6 aromatic rings. The van der Waals surface area contributed by atoms with E-state index in [-0.39, 0.29) is 5.92 Å². The van der Waals surface area contributed by atoms with Gasteiger partial charge in [-0.3, -0.25) is 0 Å². The molecule has 8 nitrogen and oxygen atoms in total. The highest BCUT2D eigenvalue weighted by Gasteiger charge is 2.35. The summed E-state index contributed by atoms with van der Waals surface area (Å²) in [5.74, 6) is 3.40. The van der Waals surface area contributed by atoms with Crippen molar-refractivity contribution >= 4 is 28.0 Å². The van der Waals surface area contributed by atoms with Gasteiger partial charge in [0.25, 0.3) is 0 Å². The summed E-state index contributed by atoms with van der Waals surface area (Å²) in [6, 6.07) is 23.5. The van der Waals surface area contributed by atoms with Crippen LogP contribution in [0.4, 0.5) is 0 Å². The van der Waals surface area contributed by atoms with E-state index >= 15 is 0 Å². The molecule has 0 radical (unpaired) electrons. The number of aromatic nitrogens is 4. The molecule has 0 spiro atoms. The molecule has 0 saturated heterocycles. The SMILES string of the molecule is COc1ccc([C@H]2c3ccc4c(OC)cccc4c3Oc3ncn4nc(-c5ccccc5Cl)nc4c32)cc1OC. The minimum Gasteiger partial charge on any atom is -0.496 e. The Morgan fingerprint density at radius 1 is 0.825 bits per heavy atom. The van der Waals surface area contributed by atoms with E-state index in [1.165, 1.54) is 0 Å². The van der Waals surface area contributed by atoms with E-state index in [0.717, 1.165) is 38.8 Å². The summed E-state index contributed by atoms with van der Waals surface area (Å²) in [5, 5.41) is 7.15. The molecular formula is C31H23ClN4O4. The van der Waals surface area contributed by atoms with Gasteiger partial charge in [-0.15, -0.1) is 5.10 Å². The van der Waals surface area contributed by atoms with Crippen molar-refractivity contribution in [3.8, 4) is 40.3 Å². The first-order valence-electron chi connectivity index (χ1n) is 12.6. The monoisotopic (exact) mass is 550 g/mol. The molecule has 2 aromatic heterocycles. The fourth-order valence-corrected chi connectivity index (χ4v) is 5.64. The number of hydrogen-bond acceptors (Lipinski definition) is 7. The number of halogens is 1. The minimum absolute atomic E-state index is 0.298. The second kappa shape index (κ2) is 9.43. The summed E-state index contributed by atoms with van der Waals surface area (Å²) >= 11 is 6.50. The molecule has 0 fully saturated rings. The van der Waals surface area contributed by atoms with Gasteiger partial charge in [-0.2, -0.15) is 0 Å². The van der Waals surface area contributed by atoms with Crippen LogP contribution in [0.5, 0.6) is 28.9 Å². The lowest BCUT2D eigenvalue weighted by Gasteiger charge is -2.29. The van der Waals surface area contributed by atoms with Crippen molar-refractivity contribution in [2.45, 2.75) is 5.92 Å². The third kappa shape index (κ3) is 3.64. The Hall–Kier alpha value is -4.82. The molecule has 198 valence electrons. The third-order valence-electron chi connectivity index (χ3n) is 7.26. The van der Waals surface area contributed by atoms with Crippen molar-refractivity contribution in [2.24, 2.45) is 0 Å². The molecule has 7 rings (SSSR count). The first-order chi connectivity index (χ1) is 19.6. The first-order valence-corrected chi connectivity index (χ1v) is 13.0. The van der Waals surface area contributed by atoms with E-state index < -0.39 is 0 Å². The van der Waals surface area contributed by atoms with Gasteiger partial charge in [-0.05, 0) is 35.9 Å². The van der Waals surface area contributed by atoms with Gasteiger partial charge >= 0.3 is 0 Å². The van der Waals surface area contributed by atoms with Gasteiger partial charge in [0.1, 0.15) is 17.8 Å². The molecule has 0 unspecified atom stereocenters. The fourth-order valence-electron chi connectivity index (χ4n) is 5.42. The van der Waals surface area contributed by atoms with Crippen LogP contribution in [-0.4, -0.2) is 40.9 Å². The average molecular weight is 551 g/mol. The number of methoxy groups -OCH3 is 3. The molecule has 0 amide bonds. The van der Waals surface area contributed by atoms with Crippen LogP contribution >= 0.6 is 11.6 Å². The van der Waals surface area contributed by atoms with E-state index in [0.29, 0.717) is 39.6 Å². The predicted octanol–water partition coefficient (Wildman–Crippen LogP) is 6.91. The van der Waals surface area contributed by atoms with Crippen molar-refractivity contribution in [1.82, 2.24) is 19.6 Å². The molecule has 0 saturated carbocycles. The molecule has 0 N–H and O–H groups in total. The zero-order valence-corrected chi connectivity index (χ0v) is 22.6. The Morgan fingerprint density at radius 2 is 1.65 bits per heavy atom. The largest absolute Gasteiger partial charge is 0.496 e. The van der Waals surface area contributed by atoms with Crippen LogP contribution in [0, 0.1) is 0 Å². The summed E-state index contributed by atoms with van der Waals surface area (Å²) in [6.45, 7) is 0. The van der Waals surface area contributed by atoms with E-state index in [1.54, 1.807) is 32.2 Å². The smallest absolute Gasteiger partial charge is 0.228 e. The quantitative estimate of drug-likeness (QED) is 0.230. The summed E-state index contributed by atoms with van der Waals surface area (Å²) in [6.07, 6.45) is 1.61. The van der Waals surface area contributed by atoms with Crippen LogP contribution in [0.2, 0.25) is 5.02 Å². The Bertz CT molecular complexity index is 1940. The van der Waals surface area contributed by atoms with E-state index in [9.17, 15) is 0 Å². The number of rotatable bonds is 5. The van der Waals surface area contributed by atoms with Gasteiger partial charge in [0, 0.05) is 27.8 Å². The average Bonchev–Trinajstić information content (AvgIpc) is 3.43. The molecule has 40 heavy (non-hydrogen) atoms. The summed E-state index contributed by atoms with van der Waals surface area (Å²) in [5.41, 5.74) is 4.06. The molecule has 1 atom stereocenters. The zero-order valence-electron chi connectivity index (χ0n) is 21.9. The molecule has 3 heterocycles. The molecule has 0 bridgehead atoms. The van der Waals surface area contributed by atoms with Crippen molar-refractivity contribution in [3.05, 3.63) is 101 Å². The summed E-state index contributed by atoms with van der Waals surface area (Å²) in [4.78, 5) is 9.64. The molecule has 4 aromatic carbocycles. The number of benzene rings is 4. The molecule has 9 heteroatoms. The van der Waals surface area contributed by atoms with Gasteiger partial charge in [-0.1, -0.05) is 54.1 Å². The van der Waals surface area contributed by atoms with Crippen molar-refractivity contribution in [3.63, 3.8) is 0 Å². The van der Waals surface area contributed by atoms with E-state index in [4.69, 9.17) is 45.6 Å². The highest BCUT2D eigenvalue weighted by molar-refractivity contribution is 6.33. The van der Waals surface area contributed by atoms with Gasteiger partial charge in [0.05, 0.1) is 31.9 Å². The van der Waals surface area contributed by atoms with Crippen LogP contribution in [0.25, 0.3) is 27.8 Å². The number of nitrogens with zero attached hydrogens (tertiary/aromatic N) is 4. The molecule has 1 aliphatic rings. The Morgan fingerprint density at radius 3 is 2.45 bits per heavy atom. The van der Waals surface area contributed by atoms with Gasteiger partial charge in [0.2, 0.25) is 5.88 Å². The second-order valence-electron chi connectivity index (χ2n) is 9.34. The molecule has 1 aliphatic heterocycles. The maximum absolute atomic E-state index is 6.56. The maximum Gasteiger partial charge on any atom is 0.228 e. The number of fused-ring (bicyclic) bond motifs is 6. The summed E-state index contributed by atoms with van der Waals surface area (Å²) < 4.78 is 25.1. The fraction of sp³-hybridized carbons (Fsp3) is 0.129. The first kappa shape index (κ1) is 24.2. The molecule has 0 aliphatic carbocycles. The lowest BCUT2D eigenvalue weighted by atomic mass is 9.82. The lowest BCUT2D eigenvalue weighted by Crippen LogP contribution is -2.15. The van der Waals surface area contributed by atoms with Crippen molar-refractivity contribution < 1.29 is 18.9 Å². The Kier molecular flexibility index (Phi) is 5.71. The summed E-state index contributed by atoms with van der Waals surface area (Å²) in [7, 11) is 4.91. The Balaban J connectivity index is 1.52. The van der Waals surface area contributed by atoms with Gasteiger partial charge < -0.3 is 18.9 Å². The van der Waals surface area contributed by atoms with Crippen LogP contribution in [0.15, 0.2) is 79.1 Å². The van der Waals surface area contributed by atoms with E-state index in [2.05, 4.69) is 12.1 Å². The standard InChI is InChI=1S/C31H23ClN4O4/c1-37-23-10-6-8-19-18(23)12-13-21-26(17-11-14-24(38-2)25(15-17)39-3)27-30-34-29(20-7-4-5-9-22(20)32)35-36(30)16-33-31(27)40-28(19)21/h4-16,26H,1-3H3/t26-/m0/s1. The van der Waals surface area contributed by atoms with Crippen LogP contribution in [-0.2, 0) is 0 Å². The normalized spacial score (nSPS) is 13.9. The molecular weight excluding hydrogens is 528 g/mol. The van der Waals surface area contributed by atoms with Crippen LogP contribution < -0.4 is 18.9 Å². The maximum atomic E-state index is 6.56. The van der Waals surface area contributed by atoms with Gasteiger partial charge in [0.15, 0.2) is 23.0 Å². The number of hydrogen-bond donors (Lipinski definition) is 0. The van der Waals surface area contributed by atoms with Crippen molar-refractivity contribution in [1.29, 1.82) is 0 Å². The Labute approximate surface area is 234 Å². The van der Waals surface area contributed by atoms with Crippen molar-refractivity contribution in [2.75, 3.05) is 21.3 Å². The van der Waals surface area contributed by atoms with Gasteiger partial charge in [-0.25, -0.2) is 14.5 Å². The second-order valence-corrected chi connectivity index (χ2v) is 9.74. The van der Waals surface area contributed by atoms with Crippen LogP contribution in [0.1, 0.15) is 22.6 Å². The highest BCUT2D eigenvalue weighted by Crippen LogP contribution is 2.52. The zero-order chi connectivity index (χ0) is 27.4.